The Balaban J connectivity index is 2.40. The molecule has 1 rings (SSSR count). The lowest BCUT2D eigenvalue weighted by atomic mass is 10.2. The predicted molar refractivity (Wildman–Crippen MR) is 53.2 cm³/mol. The third-order valence-electron chi connectivity index (χ3n) is 2.31. The van der Waals surface area contributed by atoms with Crippen molar-refractivity contribution in [3.8, 4) is 0 Å². The summed E-state index contributed by atoms with van der Waals surface area (Å²) in [7, 11) is 0. The van der Waals surface area contributed by atoms with Gasteiger partial charge >= 0.3 is 0 Å². The van der Waals surface area contributed by atoms with Crippen molar-refractivity contribution in [1.82, 2.24) is 10.4 Å². The third kappa shape index (κ3) is 3.36. The van der Waals surface area contributed by atoms with Crippen LogP contribution in [0.2, 0.25) is 0 Å². The first-order valence-corrected chi connectivity index (χ1v) is 5.34. The average molecular weight is 198 g/mol. The van der Waals surface area contributed by atoms with Gasteiger partial charge in [-0.15, -0.1) is 0 Å². The lowest BCUT2D eigenvalue weighted by Gasteiger charge is -2.20. The Labute approximate surface area is 84.6 Å². The van der Waals surface area contributed by atoms with Crippen LogP contribution in [0.15, 0.2) is 0 Å². The van der Waals surface area contributed by atoms with Gasteiger partial charge in [0.1, 0.15) is 0 Å². The van der Waals surface area contributed by atoms with Gasteiger partial charge in [0.25, 0.3) is 0 Å². The zero-order valence-corrected chi connectivity index (χ0v) is 8.71. The summed E-state index contributed by atoms with van der Waals surface area (Å²) in [5.41, 5.74) is 2.65. The number of rotatable bonds is 3. The average Bonchev–Trinajstić information content (AvgIpc) is 2.33. The first-order chi connectivity index (χ1) is 6.74. The number of hydrogen-bond donors (Lipinski definition) is 1. The van der Waals surface area contributed by atoms with E-state index in [0.717, 1.165) is 25.7 Å². The molecule has 1 saturated heterocycles. The van der Waals surface area contributed by atoms with Gasteiger partial charge in [-0.1, -0.05) is 13.3 Å². The van der Waals surface area contributed by atoms with Crippen LogP contribution in [0, 0.1) is 0 Å². The van der Waals surface area contributed by atoms with E-state index in [9.17, 15) is 9.59 Å². The van der Waals surface area contributed by atoms with Crippen molar-refractivity contribution in [3.05, 3.63) is 0 Å². The first kappa shape index (κ1) is 11.0. The summed E-state index contributed by atoms with van der Waals surface area (Å²) in [4.78, 5) is 22.7. The summed E-state index contributed by atoms with van der Waals surface area (Å²) in [6.07, 6.45) is 4.87. The van der Waals surface area contributed by atoms with Crippen LogP contribution in [0.25, 0.3) is 0 Å². The summed E-state index contributed by atoms with van der Waals surface area (Å²) in [6.45, 7) is 2.61. The summed E-state index contributed by atoms with van der Waals surface area (Å²) < 4.78 is 0. The molecule has 0 radical (unpaired) electrons. The highest BCUT2D eigenvalue weighted by Gasteiger charge is 2.17. The maximum absolute atomic E-state index is 11.5. The minimum atomic E-state index is -0.0530. The molecule has 0 aromatic rings. The monoisotopic (exact) mass is 198 g/mol. The van der Waals surface area contributed by atoms with E-state index in [1.807, 2.05) is 6.92 Å². The minimum absolute atomic E-state index is 0.0481. The highest BCUT2D eigenvalue weighted by Crippen LogP contribution is 2.09. The molecule has 0 aromatic carbocycles. The van der Waals surface area contributed by atoms with Crippen LogP contribution in [-0.4, -0.2) is 23.4 Å². The SMILES string of the molecule is CCCC(=O)NN1CCCCCC1=O. The Hall–Kier alpha value is -1.06. The lowest BCUT2D eigenvalue weighted by Crippen LogP contribution is -2.45. The van der Waals surface area contributed by atoms with Crippen LogP contribution in [-0.2, 0) is 9.59 Å². The van der Waals surface area contributed by atoms with Gasteiger partial charge in [0, 0.05) is 19.4 Å². The topological polar surface area (TPSA) is 49.4 Å². The van der Waals surface area contributed by atoms with Gasteiger partial charge < -0.3 is 0 Å². The van der Waals surface area contributed by atoms with Crippen molar-refractivity contribution >= 4 is 11.8 Å². The molecule has 0 spiro atoms. The second-order valence-corrected chi connectivity index (χ2v) is 3.64. The minimum Gasteiger partial charge on any atom is -0.273 e. The Kier molecular flexibility index (Phi) is 4.43. The Morgan fingerprint density at radius 3 is 2.93 bits per heavy atom. The number of hydrazine groups is 1. The van der Waals surface area contributed by atoms with Gasteiger partial charge in [0.05, 0.1) is 0 Å². The van der Waals surface area contributed by atoms with Crippen molar-refractivity contribution in [2.75, 3.05) is 6.54 Å². The van der Waals surface area contributed by atoms with E-state index in [-0.39, 0.29) is 11.8 Å². The molecule has 2 amide bonds. The number of amides is 2. The Morgan fingerprint density at radius 2 is 2.21 bits per heavy atom. The smallest absolute Gasteiger partial charge is 0.240 e. The number of hydrogen-bond acceptors (Lipinski definition) is 2. The van der Waals surface area contributed by atoms with E-state index in [4.69, 9.17) is 0 Å². The molecule has 0 aliphatic carbocycles. The van der Waals surface area contributed by atoms with Crippen LogP contribution in [0.3, 0.4) is 0 Å². The molecule has 0 saturated carbocycles. The third-order valence-corrected chi connectivity index (χ3v) is 2.31. The van der Waals surface area contributed by atoms with E-state index in [1.165, 1.54) is 5.01 Å². The molecule has 80 valence electrons. The molecule has 4 heteroatoms. The number of nitrogens with zero attached hydrogens (tertiary/aromatic N) is 1. The number of nitrogens with one attached hydrogen (secondary N) is 1. The Bertz CT molecular complexity index is 216. The molecule has 0 atom stereocenters. The second-order valence-electron chi connectivity index (χ2n) is 3.64. The zero-order valence-electron chi connectivity index (χ0n) is 8.71. The van der Waals surface area contributed by atoms with Gasteiger partial charge in [0.15, 0.2) is 0 Å². The Morgan fingerprint density at radius 1 is 1.43 bits per heavy atom. The molecular formula is C10H18N2O2. The molecule has 1 aliphatic heterocycles. The number of carbonyl (C=O) groups excluding carboxylic acids is 2. The maximum atomic E-state index is 11.5. The highest BCUT2D eigenvalue weighted by atomic mass is 16.2. The quantitative estimate of drug-likeness (QED) is 0.741. The van der Waals surface area contributed by atoms with Gasteiger partial charge in [-0.05, 0) is 19.3 Å². The summed E-state index contributed by atoms with van der Waals surface area (Å²) in [5.74, 6) is -0.00490. The standard InChI is InChI=1S/C10H18N2O2/c1-2-6-9(13)11-12-8-5-3-4-7-10(12)14/h2-8H2,1H3,(H,11,13). The molecule has 1 N–H and O–H groups in total. The van der Waals surface area contributed by atoms with Crippen molar-refractivity contribution in [2.45, 2.75) is 45.4 Å². The van der Waals surface area contributed by atoms with Crippen LogP contribution in [0.1, 0.15) is 45.4 Å². The number of carbonyl (C=O) groups is 2. The van der Waals surface area contributed by atoms with E-state index in [2.05, 4.69) is 5.43 Å². The van der Waals surface area contributed by atoms with Crippen molar-refractivity contribution in [1.29, 1.82) is 0 Å². The van der Waals surface area contributed by atoms with Gasteiger partial charge in [-0.3, -0.25) is 20.0 Å². The second kappa shape index (κ2) is 5.62. The van der Waals surface area contributed by atoms with Crippen LogP contribution >= 0.6 is 0 Å². The fourth-order valence-corrected chi connectivity index (χ4v) is 1.53. The van der Waals surface area contributed by atoms with Crippen molar-refractivity contribution in [2.24, 2.45) is 0 Å². The van der Waals surface area contributed by atoms with Crippen LogP contribution in [0.5, 0.6) is 0 Å². The van der Waals surface area contributed by atoms with E-state index >= 15 is 0 Å². The van der Waals surface area contributed by atoms with Crippen molar-refractivity contribution < 1.29 is 9.59 Å². The van der Waals surface area contributed by atoms with Gasteiger partial charge in [-0.25, -0.2) is 0 Å². The molecule has 0 aromatic heterocycles. The summed E-state index contributed by atoms with van der Waals surface area (Å²) in [6, 6.07) is 0. The molecule has 14 heavy (non-hydrogen) atoms. The molecule has 0 unspecified atom stereocenters. The maximum Gasteiger partial charge on any atom is 0.240 e. The van der Waals surface area contributed by atoms with E-state index in [1.54, 1.807) is 0 Å². The normalized spacial score (nSPS) is 17.8. The fourth-order valence-electron chi connectivity index (χ4n) is 1.53. The van der Waals surface area contributed by atoms with E-state index in [0.29, 0.717) is 19.4 Å². The molecule has 1 aliphatic rings. The highest BCUT2D eigenvalue weighted by molar-refractivity contribution is 5.82. The van der Waals surface area contributed by atoms with Gasteiger partial charge in [0.2, 0.25) is 11.8 Å². The summed E-state index contributed by atoms with van der Waals surface area (Å²) in [5, 5.41) is 1.48. The zero-order chi connectivity index (χ0) is 10.4. The van der Waals surface area contributed by atoms with Crippen LogP contribution < -0.4 is 5.43 Å². The molecular weight excluding hydrogens is 180 g/mol. The van der Waals surface area contributed by atoms with E-state index < -0.39 is 0 Å². The van der Waals surface area contributed by atoms with Gasteiger partial charge in [-0.2, -0.15) is 0 Å². The molecule has 0 bridgehead atoms. The fraction of sp³-hybridized carbons (Fsp3) is 0.800. The van der Waals surface area contributed by atoms with Crippen LogP contribution in [0.4, 0.5) is 0 Å². The lowest BCUT2D eigenvalue weighted by molar-refractivity contribution is -0.141. The largest absolute Gasteiger partial charge is 0.273 e. The predicted octanol–water partition coefficient (Wildman–Crippen LogP) is 1.22. The molecule has 1 heterocycles. The molecule has 4 nitrogen and oxygen atoms in total. The first-order valence-electron chi connectivity index (χ1n) is 5.34. The summed E-state index contributed by atoms with van der Waals surface area (Å²) >= 11 is 0. The van der Waals surface area contributed by atoms with Crippen molar-refractivity contribution in [3.63, 3.8) is 0 Å². The molecule has 1 fully saturated rings.